The Kier molecular flexibility index (Phi) is 7.65. The van der Waals surface area contributed by atoms with E-state index in [9.17, 15) is 14.4 Å². The second kappa shape index (κ2) is 10.6. The van der Waals surface area contributed by atoms with Gasteiger partial charge in [-0.1, -0.05) is 12.1 Å². The molecule has 164 valence electrons. The molecule has 3 N–H and O–H groups in total. The molecule has 7 heteroatoms. The lowest BCUT2D eigenvalue weighted by Gasteiger charge is -2.26. The maximum Gasteiger partial charge on any atom is 0.253 e. The van der Waals surface area contributed by atoms with E-state index in [1.807, 2.05) is 18.7 Å². The minimum atomic E-state index is -0.236. The van der Waals surface area contributed by atoms with Crippen molar-refractivity contribution in [3.63, 3.8) is 0 Å². The van der Waals surface area contributed by atoms with Crippen LogP contribution in [0.15, 0.2) is 48.5 Å². The van der Waals surface area contributed by atoms with Crippen molar-refractivity contribution in [1.29, 1.82) is 0 Å². The SMILES string of the molecule is CC(C)NC(=O)c1cccc(NCC(=O)Nc2cccc(C(=O)N3CCCCC3)c2)c1. The second-order valence-corrected chi connectivity index (χ2v) is 8.04. The van der Waals surface area contributed by atoms with Crippen LogP contribution in [0.5, 0.6) is 0 Å². The highest BCUT2D eigenvalue weighted by molar-refractivity contribution is 5.98. The standard InChI is InChI=1S/C24H30N4O3/c1-17(2)26-23(30)18-8-6-10-20(14-18)25-16-22(29)27-21-11-7-9-19(15-21)24(31)28-12-4-3-5-13-28/h6-11,14-15,17,25H,3-5,12-13,16H2,1-2H3,(H,26,30)(H,27,29). The zero-order chi connectivity index (χ0) is 22.2. The number of carbonyl (C=O) groups is 3. The third kappa shape index (κ3) is 6.57. The molecule has 0 unspecified atom stereocenters. The Bertz CT molecular complexity index is 936. The number of benzene rings is 2. The van der Waals surface area contributed by atoms with Gasteiger partial charge in [-0.25, -0.2) is 0 Å². The molecule has 2 aromatic carbocycles. The molecule has 0 atom stereocenters. The van der Waals surface area contributed by atoms with Gasteiger partial charge in [0, 0.05) is 41.6 Å². The molecule has 3 amide bonds. The molecule has 2 aromatic rings. The van der Waals surface area contributed by atoms with E-state index < -0.39 is 0 Å². The molecule has 0 aromatic heterocycles. The summed E-state index contributed by atoms with van der Waals surface area (Å²) >= 11 is 0. The van der Waals surface area contributed by atoms with E-state index in [1.54, 1.807) is 48.5 Å². The molecule has 1 fully saturated rings. The zero-order valence-electron chi connectivity index (χ0n) is 18.1. The summed E-state index contributed by atoms with van der Waals surface area (Å²) in [5.41, 5.74) is 2.37. The normalized spacial score (nSPS) is 13.6. The smallest absolute Gasteiger partial charge is 0.253 e. The van der Waals surface area contributed by atoms with Crippen LogP contribution < -0.4 is 16.0 Å². The molecule has 1 aliphatic heterocycles. The van der Waals surface area contributed by atoms with E-state index in [2.05, 4.69) is 16.0 Å². The van der Waals surface area contributed by atoms with Gasteiger partial charge >= 0.3 is 0 Å². The summed E-state index contributed by atoms with van der Waals surface area (Å²) < 4.78 is 0. The quantitative estimate of drug-likeness (QED) is 0.637. The highest BCUT2D eigenvalue weighted by atomic mass is 16.2. The number of anilines is 2. The predicted octanol–water partition coefficient (Wildman–Crippen LogP) is 3.50. The van der Waals surface area contributed by atoms with Crippen LogP contribution in [0.3, 0.4) is 0 Å². The first kappa shape index (κ1) is 22.3. The third-order valence-electron chi connectivity index (χ3n) is 5.03. The number of rotatable bonds is 7. The van der Waals surface area contributed by atoms with Crippen molar-refractivity contribution in [2.45, 2.75) is 39.2 Å². The van der Waals surface area contributed by atoms with Gasteiger partial charge < -0.3 is 20.9 Å². The number of nitrogens with zero attached hydrogens (tertiary/aromatic N) is 1. The lowest BCUT2D eigenvalue weighted by atomic mass is 10.1. The molecule has 0 aliphatic carbocycles. The third-order valence-corrected chi connectivity index (χ3v) is 5.03. The van der Waals surface area contributed by atoms with E-state index in [0.717, 1.165) is 32.4 Å². The lowest BCUT2D eigenvalue weighted by Crippen LogP contribution is -2.35. The number of hydrogen-bond donors (Lipinski definition) is 3. The average Bonchev–Trinajstić information content (AvgIpc) is 2.78. The van der Waals surface area contributed by atoms with E-state index in [-0.39, 0.29) is 30.3 Å². The predicted molar refractivity (Wildman–Crippen MR) is 122 cm³/mol. The van der Waals surface area contributed by atoms with Gasteiger partial charge in [0.1, 0.15) is 0 Å². The number of nitrogens with one attached hydrogen (secondary N) is 3. The Hall–Kier alpha value is -3.35. The van der Waals surface area contributed by atoms with Crippen LogP contribution in [0.4, 0.5) is 11.4 Å². The molecule has 0 radical (unpaired) electrons. The first-order valence-electron chi connectivity index (χ1n) is 10.8. The van der Waals surface area contributed by atoms with Crippen LogP contribution in [-0.4, -0.2) is 48.3 Å². The van der Waals surface area contributed by atoms with Crippen molar-refractivity contribution in [2.24, 2.45) is 0 Å². The molecule has 0 saturated carbocycles. The fourth-order valence-corrected chi connectivity index (χ4v) is 3.51. The van der Waals surface area contributed by atoms with Crippen LogP contribution >= 0.6 is 0 Å². The molecule has 7 nitrogen and oxygen atoms in total. The van der Waals surface area contributed by atoms with E-state index >= 15 is 0 Å². The summed E-state index contributed by atoms with van der Waals surface area (Å²) in [6, 6.07) is 14.1. The summed E-state index contributed by atoms with van der Waals surface area (Å²) in [7, 11) is 0. The Morgan fingerprint density at radius 1 is 0.903 bits per heavy atom. The van der Waals surface area contributed by atoms with Crippen LogP contribution in [-0.2, 0) is 4.79 Å². The summed E-state index contributed by atoms with van der Waals surface area (Å²) in [5, 5.41) is 8.70. The Balaban J connectivity index is 1.55. The van der Waals surface area contributed by atoms with E-state index in [1.165, 1.54) is 0 Å². The van der Waals surface area contributed by atoms with E-state index in [0.29, 0.717) is 22.5 Å². The number of hydrogen-bond acceptors (Lipinski definition) is 4. The Morgan fingerprint density at radius 2 is 1.55 bits per heavy atom. The Labute approximate surface area is 183 Å². The number of amides is 3. The van der Waals surface area contributed by atoms with Crippen molar-refractivity contribution in [1.82, 2.24) is 10.2 Å². The van der Waals surface area contributed by atoms with Gasteiger partial charge in [-0.3, -0.25) is 14.4 Å². The fourth-order valence-electron chi connectivity index (χ4n) is 3.51. The molecular weight excluding hydrogens is 392 g/mol. The second-order valence-electron chi connectivity index (χ2n) is 8.04. The minimum absolute atomic E-state index is 0.00501. The summed E-state index contributed by atoms with van der Waals surface area (Å²) in [6.45, 7) is 5.42. The highest BCUT2D eigenvalue weighted by Crippen LogP contribution is 2.17. The molecular formula is C24H30N4O3. The van der Waals surface area contributed by atoms with Gasteiger partial charge in [0.2, 0.25) is 5.91 Å². The first-order chi connectivity index (χ1) is 14.9. The number of carbonyl (C=O) groups excluding carboxylic acids is 3. The summed E-state index contributed by atoms with van der Waals surface area (Å²) in [6.07, 6.45) is 3.24. The van der Waals surface area contributed by atoms with Crippen molar-refractivity contribution < 1.29 is 14.4 Å². The molecule has 0 bridgehead atoms. The lowest BCUT2D eigenvalue weighted by molar-refractivity contribution is -0.114. The van der Waals surface area contributed by atoms with Crippen LogP contribution in [0.2, 0.25) is 0 Å². The molecule has 0 spiro atoms. The zero-order valence-corrected chi connectivity index (χ0v) is 18.1. The van der Waals surface area contributed by atoms with Gasteiger partial charge in [-0.2, -0.15) is 0 Å². The van der Waals surface area contributed by atoms with Gasteiger partial charge in [-0.05, 0) is 69.5 Å². The molecule has 1 aliphatic rings. The maximum absolute atomic E-state index is 12.7. The topological polar surface area (TPSA) is 90.5 Å². The molecule has 1 saturated heterocycles. The van der Waals surface area contributed by atoms with E-state index in [4.69, 9.17) is 0 Å². The fraction of sp³-hybridized carbons (Fsp3) is 0.375. The summed E-state index contributed by atoms with van der Waals surface area (Å²) in [5.74, 6) is -0.386. The monoisotopic (exact) mass is 422 g/mol. The average molecular weight is 423 g/mol. The molecule has 3 rings (SSSR count). The van der Waals surface area contributed by atoms with Crippen molar-refractivity contribution >= 4 is 29.1 Å². The summed E-state index contributed by atoms with van der Waals surface area (Å²) in [4.78, 5) is 39.1. The minimum Gasteiger partial charge on any atom is -0.376 e. The largest absolute Gasteiger partial charge is 0.376 e. The van der Waals surface area contributed by atoms with Crippen LogP contribution in [0.1, 0.15) is 53.8 Å². The number of likely N-dealkylation sites (tertiary alicyclic amines) is 1. The van der Waals surface area contributed by atoms with Gasteiger partial charge in [0.05, 0.1) is 6.54 Å². The van der Waals surface area contributed by atoms with Gasteiger partial charge in [0.25, 0.3) is 11.8 Å². The van der Waals surface area contributed by atoms with Gasteiger partial charge in [0.15, 0.2) is 0 Å². The number of piperidine rings is 1. The van der Waals surface area contributed by atoms with Crippen LogP contribution in [0, 0.1) is 0 Å². The van der Waals surface area contributed by atoms with Crippen molar-refractivity contribution in [2.75, 3.05) is 30.3 Å². The van der Waals surface area contributed by atoms with Crippen molar-refractivity contribution in [3.05, 3.63) is 59.7 Å². The maximum atomic E-state index is 12.7. The van der Waals surface area contributed by atoms with Gasteiger partial charge in [-0.15, -0.1) is 0 Å². The molecule has 31 heavy (non-hydrogen) atoms. The Morgan fingerprint density at radius 3 is 2.26 bits per heavy atom. The first-order valence-corrected chi connectivity index (χ1v) is 10.8. The van der Waals surface area contributed by atoms with Crippen molar-refractivity contribution in [3.8, 4) is 0 Å². The molecule has 1 heterocycles. The highest BCUT2D eigenvalue weighted by Gasteiger charge is 2.18. The van der Waals surface area contributed by atoms with Crippen LogP contribution in [0.25, 0.3) is 0 Å².